The molecule has 1 fully saturated rings. The molecule has 0 bridgehead atoms. The highest BCUT2D eigenvalue weighted by atomic mass is 16.5. The molecule has 4 heteroatoms. The summed E-state index contributed by atoms with van der Waals surface area (Å²) in [6, 6.07) is 6.46. The Balaban J connectivity index is 1.92. The van der Waals surface area contributed by atoms with E-state index in [9.17, 15) is 0 Å². The van der Waals surface area contributed by atoms with Crippen LogP contribution >= 0.6 is 0 Å². The second kappa shape index (κ2) is 7.36. The van der Waals surface area contributed by atoms with E-state index < -0.39 is 0 Å². The molecule has 1 heterocycles. The predicted molar refractivity (Wildman–Crippen MR) is 78.2 cm³/mol. The number of hydrogen-bond donors (Lipinski definition) is 1. The van der Waals surface area contributed by atoms with Crippen LogP contribution in [0.1, 0.15) is 12.0 Å². The Hall–Kier alpha value is -1.26. The molecule has 0 aromatic heterocycles. The maximum atomic E-state index is 5.77. The minimum absolute atomic E-state index is 0.710. The molecular formula is C15H24N2O2. The number of hydrogen-bond acceptors (Lipinski definition) is 4. The molecule has 0 saturated carbocycles. The van der Waals surface area contributed by atoms with Crippen molar-refractivity contribution in [2.75, 3.05) is 51.4 Å². The molecule has 0 amide bonds. The van der Waals surface area contributed by atoms with Crippen molar-refractivity contribution in [2.24, 2.45) is 0 Å². The molecule has 1 saturated heterocycles. The van der Waals surface area contributed by atoms with E-state index >= 15 is 0 Å². The van der Waals surface area contributed by atoms with Crippen LogP contribution in [0, 0.1) is 6.92 Å². The molecule has 1 N–H and O–H groups in total. The molecule has 0 radical (unpaired) electrons. The first kappa shape index (κ1) is 14.2. The third-order valence-corrected chi connectivity index (χ3v) is 3.39. The van der Waals surface area contributed by atoms with Crippen LogP contribution in [0.25, 0.3) is 0 Å². The number of aryl methyl sites for hydroxylation is 1. The smallest absolute Gasteiger partial charge is 0.122 e. The number of ether oxygens (including phenoxy) is 2. The predicted octanol–water partition coefficient (Wildman–Crippen LogP) is 1.82. The van der Waals surface area contributed by atoms with Gasteiger partial charge in [0.1, 0.15) is 5.75 Å². The standard InChI is InChI=1S/C15H24N2O2/c1-13-12-14(17-8-6-16-7-9-17)4-5-15(13)19-11-3-10-18-2/h4-5,12,16H,3,6-11H2,1-2H3. The summed E-state index contributed by atoms with van der Waals surface area (Å²) in [7, 11) is 1.72. The fraction of sp³-hybridized carbons (Fsp3) is 0.600. The number of nitrogens with one attached hydrogen (secondary N) is 1. The summed E-state index contributed by atoms with van der Waals surface area (Å²) in [5, 5.41) is 3.37. The third-order valence-electron chi connectivity index (χ3n) is 3.39. The Labute approximate surface area is 115 Å². The van der Waals surface area contributed by atoms with Crippen molar-refractivity contribution in [1.29, 1.82) is 0 Å². The molecule has 0 unspecified atom stereocenters. The summed E-state index contributed by atoms with van der Waals surface area (Å²) in [5.41, 5.74) is 2.50. The monoisotopic (exact) mass is 264 g/mol. The third kappa shape index (κ3) is 4.11. The lowest BCUT2D eigenvalue weighted by Crippen LogP contribution is -2.43. The second-order valence-electron chi connectivity index (χ2n) is 4.88. The number of piperazine rings is 1. The van der Waals surface area contributed by atoms with Crippen LogP contribution in [0.3, 0.4) is 0 Å². The van der Waals surface area contributed by atoms with Gasteiger partial charge in [0.2, 0.25) is 0 Å². The topological polar surface area (TPSA) is 33.7 Å². The van der Waals surface area contributed by atoms with E-state index in [0.717, 1.165) is 45.0 Å². The minimum atomic E-state index is 0.710. The summed E-state index contributed by atoms with van der Waals surface area (Å²) < 4.78 is 10.8. The van der Waals surface area contributed by atoms with Crippen molar-refractivity contribution >= 4 is 5.69 Å². The second-order valence-corrected chi connectivity index (χ2v) is 4.88. The Kier molecular flexibility index (Phi) is 5.48. The van der Waals surface area contributed by atoms with Crippen LogP contribution < -0.4 is 15.0 Å². The van der Waals surface area contributed by atoms with E-state index in [-0.39, 0.29) is 0 Å². The highest BCUT2D eigenvalue weighted by Crippen LogP contribution is 2.24. The average Bonchev–Trinajstić information content (AvgIpc) is 2.46. The Morgan fingerprint density at radius 2 is 2.00 bits per heavy atom. The van der Waals surface area contributed by atoms with Gasteiger partial charge >= 0.3 is 0 Å². The number of nitrogens with zero attached hydrogens (tertiary/aromatic N) is 1. The largest absolute Gasteiger partial charge is 0.493 e. The maximum Gasteiger partial charge on any atom is 0.122 e. The van der Waals surface area contributed by atoms with Gasteiger partial charge in [-0.25, -0.2) is 0 Å². The average molecular weight is 264 g/mol. The zero-order valence-electron chi connectivity index (χ0n) is 11.9. The van der Waals surface area contributed by atoms with Crippen molar-refractivity contribution in [3.63, 3.8) is 0 Å². The summed E-state index contributed by atoms with van der Waals surface area (Å²) in [4.78, 5) is 2.41. The summed E-state index contributed by atoms with van der Waals surface area (Å²) in [5.74, 6) is 0.981. The molecule has 19 heavy (non-hydrogen) atoms. The van der Waals surface area contributed by atoms with E-state index in [1.54, 1.807) is 7.11 Å². The van der Waals surface area contributed by atoms with Crippen molar-refractivity contribution in [3.05, 3.63) is 23.8 Å². The molecule has 1 aliphatic heterocycles. The molecule has 4 nitrogen and oxygen atoms in total. The minimum Gasteiger partial charge on any atom is -0.493 e. The van der Waals surface area contributed by atoms with Crippen molar-refractivity contribution < 1.29 is 9.47 Å². The van der Waals surface area contributed by atoms with Gasteiger partial charge in [0, 0.05) is 52.0 Å². The number of rotatable bonds is 6. The summed E-state index contributed by atoms with van der Waals surface area (Å²) in [6.45, 7) is 7.85. The van der Waals surface area contributed by atoms with Crippen LogP contribution in [0.4, 0.5) is 5.69 Å². The fourth-order valence-corrected chi connectivity index (χ4v) is 2.30. The number of anilines is 1. The first-order valence-corrected chi connectivity index (χ1v) is 6.99. The SMILES string of the molecule is COCCCOc1ccc(N2CCNCC2)cc1C. The number of benzene rings is 1. The highest BCUT2D eigenvalue weighted by molar-refractivity contribution is 5.53. The Bertz CT molecular complexity index is 390. The van der Waals surface area contributed by atoms with Crippen LogP contribution in [0.2, 0.25) is 0 Å². The molecule has 1 aliphatic rings. The van der Waals surface area contributed by atoms with Crippen LogP contribution in [0.15, 0.2) is 18.2 Å². The zero-order chi connectivity index (χ0) is 13.5. The first-order valence-electron chi connectivity index (χ1n) is 6.99. The fourth-order valence-electron chi connectivity index (χ4n) is 2.30. The maximum absolute atomic E-state index is 5.77. The zero-order valence-corrected chi connectivity index (χ0v) is 11.9. The molecule has 0 aliphatic carbocycles. The summed E-state index contributed by atoms with van der Waals surface area (Å²) in [6.07, 6.45) is 0.926. The van der Waals surface area contributed by atoms with Gasteiger partial charge < -0.3 is 19.7 Å². The van der Waals surface area contributed by atoms with Crippen LogP contribution in [-0.2, 0) is 4.74 Å². The quantitative estimate of drug-likeness (QED) is 0.795. The van der Waals surface area contributed by atoms with Gasteiger partial charge in [-0.15, -0.1) is 0 Å². The molecule has 106 valence electrons. The van der Waals surface area contributed by atoms with E-state index in [2.05, 4.69) is 35.3 Å². The lowest BCUT2D eigenvalue weighted by Gasteiger charge is -2.29. The Morgan fingerprint density at radius 1 is 1.21 bits per heavy atom. The van der Waals surface area contributed by atoms with Gasteiger partial charge in [-0.05, 0) is 30.7 Å². The van der Waals surface area contributed by atoms with E-state index in [4.69, 9.17) is 9.47 Å². The van der Waals surface area contributed by atoms with Crippen LogP contribution in [-0.4, -0.2) is 46.5 Å². The van der Waals surface area contributed by atoms with Crippen molar-refractivity contribution in [2.45, 2.75) is 13.3 Å². The normalized spacial score (nSPS) is 15.6. The molecule has 0 atom stereocenters. The lowest BCUT2D eigenvalue weighted by atomic mass is 10.1. The van der Waals surface area contributed by atoms with Crippen molar-refractivity contribution in [1.82, 2.24) is 5.32 Å². The molecule has 2 rings (SSSR count). The number of methoxy groups -OCH3 is 1. The molecule has 1 aromatic rings. The van der Waals surface area contributed by atoms with Gasteiger partial charge in [0.15, 0.2) is 0 Å². The highest BCUT2D eigenvalue weighted by Gasteiger charge is 2.11. The molecular weight excluding hydrogens is 240 g/mol. The van der Waals surface area contributed by atoms with E-state index in [0.29, 0.717) is 6.61 Å². The van der Waals surface area contributed by atoms with Crippen LogP contribution in [0.5, 0.6) is 5.75 Å². The van der Waals surface area contributed by atoms with Gasteiger partial charge in [-0.3, -0.25) is 0 Å². The van der Waals surface area contributed by atoms with Gasteiger partial charge in [-0.1, -0.05) is 0 Å². The molecule has 0 spiro atoms. The van der Waals surface area contributed by atoms with E-state index in [1.165, 1.54) is 11.3 Å². The lowest BCUT2D eigenvalue weighted by molar-refractivity contribution is 0.172. The molecule has 1 aromatic carbocycles. The summed E-state index contributed by atoms with van der Waals surface area (Å²) >= 11 is 0. The Morgan fingerprint density at radius 3 is 2.68 bits per heavy atom. The van der Waals surface area contributed by atoms with Gasteiger partial charge in [0.05, 0.1) is 6.61 Å². The van der Waals surface area contributed by atoms with Gasteiger partial charge in [0.25, 0.3) is 0 Å². The first-order chi connectivity index (χ1) is 9.31. The van der Waals surface area contributed by atoms with E-state index in [1.807, 2.05) is 0 Å². The van der Waals surface area contributed by atoms with Crippen molar-refractivity contribution in [3.8, 4) is 5.75 Å². The van der Waals surface area contributed by atoms with Gasteiger partial charge in [-0.2, -0.15) is 0 Å².